The maximum Gasteiger partial charge on any atom is 0.123 e. The first-order valence-corrected chi connectivity index (χ1v) is 7.71. The average molecular weight is 312 g/mol. The van der Waals surface area contributed by atoms with E-state index in [4.69, 9.17) is 15.7 Å². The molecular formula is C19H21FN2O. The van der Waals surface area contributed by atoms with Gasteiger partial charge in [-0.1, -0.05) is 23.8 Å². The third-order valence-electron chi connectivity index (χ3n) is 3.74. The van der Waals surface area contributed by atoms with E-state index in [1.54, 1.807) is 12.1 Å². The fourth-order valence-electron chi connectivity index (χ4n) is 2.47. The Bertz CT molecular complexity index is 656. The molecule has 3 rings (SSSR count). The first-order valence-electron chi connectivity index (χ1n) is 7.71. The molecule has 1 unspecified atom stereocenters. The van der Waals surface area contributed by atoms with E-state index < -0.39 is 0 Å². The third kappa shape index (κ3) is 4.88. The molecule has 0 fully saturated rings. The molecule has 2 N–H and O–H groups in total. The van der Waals surface area contributed by atoms with Gasteiger partial charge in [0.1, 0.15) is 5.82 Å². The van der Waals surface area contributed by atoms with Gasteiger partial charge in [0.15, 0.2) is 0 Å². The van der Waals surface area contributed by atoms with Crippen molar-refractivity contribution in [2.45, 2.75) is 32.5 Å². The molecule has 2 aromatic carbocycles. The highest BCUT2D eigenvalue weighted by Gasteiger charge is 2.22. The van der Waals surface area contributed by atoms with E-state index in [1.165, 1.54) is 17.7 Å². The van der Waals surface area contributed by atoms with Gasteiger partial charge in [-0.2, -0.15) is 5.26 Å². The molecule has 0 saturated carbocycles. The lowest BCUT2D eigenvalue weighted by molar-refractivity contribution is 0.0591. The van der Waals surface area contributed by atoms with Crippen molar-refractivity contribution in [1.82, 2.24) is 0 Å². The van der Waals surface area contributed by atoms with Crippen molar-refractivity contribution in [3.63, 3.8) is 0 Å². The van der Waals surface area contributed by atoms with Crippen molar-refractivity contribution < 1.29 is 9.13 Å². The van der Waals surface area contributed by atoms with Crippen molar-refractivity contribution in [2.24, 2.45) is 5.73 Å². The van der Waals surface area contributed by atoms with Crippen molar-refractivity contribution in [3.8, 4) is 6.07 Å². The van der Waals surface area contributed by atoms with Gasteiger partial charge in [-0.05, 0) is 61.7 Å². The number of nitrogens with zero attached hydrogens (tertiary/aromatic N) is 1. The Morgan fingerprint density at radius 2 is 2.00 bits per heavy atom. The molecule has 1 aliphatic rings. The van der Waals surface area contributed by atoms with Crippen LogP contribution in [-0.2, 0) is 11.3 Å². The highest BCUT2D eigenvalue weighted by Crippen LogP contribution is 2.34. The van der Waals surface area contributed by atoms with Crippen LogP contribution >= 0.6 is 0 Å². The number of rotatable bonds is 3. The molecule has 1 heterocycles. The highest BCUT2D eigenvalue weighted by molar-refractivity contribution is 5.40. The lowest BCUT2D eigenvalue weighted by Gasteiger charge is -2.09. The zero-order chi connectivity index (χ0) is 16.7. The second-order valence-electron chi connectivity index (χ2n) is 5.55. The van der Waals surface area contributed by atoms with Crippen LogP contribution in [0.5, 0.6) is 0 Å². The minimum absolute atomic E-state index is 0.171. The van der Waals surface area contributed by atoms with Crippen LogP contribution in [0.3, 0.4) is 0 Å². The predicted molar refractivity (Wildman–Crippen MR) is 88.1 cm³/mol. The number of hydrogen-bond donors (Lipinski definition) is 1. The van der Waals surface area contributed by atoms with Crippen LogP contribution < -0.4 is 5.73 Å². The third-order valence-corrected chi connectivity index (χ3v) is 3.74. The van der Waals surface area contributed by atoms with Gasteiger partial charge in [0.25, 0.3) is 0 Å². The van der Waals surface area contributed by atoms with Gasteiger partial charge in [0.2, 0.25) is 0 Å². The quantitative estimate of drug-likeness (QED) is 0.932. The van der Waals surface area contributed by atoms with E-state index in [2.05, 4.69) is 6.07 Å². The molecule has 1 aliphatic heterocycles. The lowest BCUT2D eigenvalue weighted by Crippen LogP contribution is -2.03. The molecule has 0 radical (unpaired) electrons. The summed E-state index contributed by atoms with van der Waals surface area (Å²) in [5.74, 6) is -0.171. The maximum absolute atomic E-state index is 12.1. The SMILES string of the molecule is Cc1ccc(F)cc1.N#Cc1ccc2c(c1)COC2CCCN. The number of nitriles is 1. The second-order valence-corrected chi connectivity index (χ2v) is 5.55. The summed E-state index contributed by atoms with van der Waals surface area (Å²) in [6, 6.07) is 14.3. The van der Waals surface area contributed by atoms with Crippen LogP contribution in [0.4, 0.5) is 4.39 Å². The summed E-state index contributed by atoms with van der Waals surface area (Å²) in [4.78, 5) is 0. The molecule has 0 saturated heterocycles. The Morgan fingerprint density at radius 1 is 1.26 bits per heavy atom. The van der Waals surface area contributed by atoms with Gasteiger partial charge in [0, 0.05) is 0 Å². The van der Waals surface area contributed by atoms with E-state index in [0.717, 1.165) is 24.0 Å². The van der Waals surface area contributed by atoms with Crippen LogP contribution in [0.25, 0.3) is 0 Å². The molecule has 1 atom stereocenters. The largest absolute Gasteiger partial charge is 0.369 e. The van der Waals surface area contributed by atoms with Crippen LogP contribution in [0.1, 0.15) is 41.2 Å². The summed E-state index contributed by atoms with van der Waals surface area (Å²) in [7, 11) is 0. The zero-order valence-electron chi connectivity index (χ0n) is 13.3. The number of hydrogen-bond acceptors (Lipinski definition) is 3. The number of benzene rings is 2. The smallest absolute Gasteiger partial charge is 0.123 e. The second kappa shape index (κ2) is 8.42. The maximum atomic E-state index is 12.1. The van der Waals surface area contributed by atoms with E-state index >= 15 is 0 Å². The molecule has 0 aromatic heterocycles. The molecule has 120 valence electrons. The number of nitrogens with two attached hydrogens (primary N) is 1. The topological polar surface area (TPSA) is 59.0 Å². The summed E-state index contributed by atoms with van der Waals surface area (Å²) in [5, 5.41) is 8.77. The Morgan fingerprint density at radius 3 is 2.61 bits per heavy atom. The number of halogens is 1. The number of fused-ring (bicyclic) bond motifs is 1. The molecule has 4 heteroatoms. The predicted octanol–water partition coefficient (Wildman–Crippen LogP) is 4.00. The van der Waals surface area contributed by atoms with E-state index in [-0.39, 0.29) is 11.9 Å². The van der Waals surface area contributed by atoms with Crippen molar-refractivity contribution in [1.29, 1.82) is 5.26 Å². The number of aryl methyl sites for hydroxylation is 1. The van der Waals surface area contributed by atoms with Gasteiger partial charge in [-0.3, -0.25) is 0 Å². The van der Waals surface area contributed by atoms with Gasteiger partial charge in [-0.25, -0.2) is 4.39 Å². The average Bonchev–Trinajstić information content (AvgIpc) is 2.98. The summed E-state index contributed by atoms with van der Waals surface area (Å²) < 4.78 is 17.7. The van der Waals surface area contributed by atoms with E-state index in [0.29, 0.717) is 18.7 Å². The molecule has 23 heavy (non-hydrogen) atoms. The fourth-order valence-corrected chi connectivity index (χ4v) is 2.47. The van der Waals surface area contributed by atoms with Gasteiger partial charge >= 0.3 is 0 Å². The minimum Gasteiger partial charge on any atom is -0.369 e. The van der Waals surface area contributed by atoms with Gasteiger partial charge in [-0.15, -0.1) is 0 Å². The first kappa shape index (κ1) is 17.1. The molecule has 0 bridgehead atoms. The normalized spacial score (nSPS) is 15.3. The molecule has 0 spiro atoms. The molecule has 3 nitrogen and oxygen atoms in total. The van der Waals surface area contributed by atoms with Gasteiger partial charge in [0.05, 0.1) is 24.3 Å². The Balaban J connectivity index is 0.000000203. The molecule has 2 aromatic rings. The zero-order valence-corrected chi connectivity index (χ0v) is 13.3. The summed E-state index contributed by atoms with van der Waals surface area (Å²) in [6.07, 6.45) is 2.12. The highest BCUT2D eigenvalue weighted by atomic mass is 19.1. The monoisotopic (exact) mass is 312 g/mol. The van der Waals surface area contributed by atoms with Crippen LogP contribution in [0.15, 0.2) is 42.5 Å². The van der Waals surface area contributed by atoms with Gasteiger partial charge < -0.3 is 10.5 Å². The molecule has 0 amide bonds. The van der Waals surface area contributed by atoms with Crippen molar-refractivity contribution >= 4 is 0 Å². The lowest BCUT2D eigenvalue weighted by atomic mass is 10.00. The Labute approximate surface area is 136 Å². The summed E-state index contributed by atoms with van der Waals surface area (Å²) in [6.45, 7) is 3.25. The van der Waals surface area contributed by atoms with E-state index in [9.17, 15) is 4.39 Å². The van der Waals surface area contributed by atoms with Crippen LogP contribution in [0, 0.1) is 24.1 Å². The standard InChI is InChI=1S/C12H14N2O.C7H7F/c13-5-1-2-12-11-4-3-9(7-14)6-10(11)8-15-12;1-6-2-4-7(8)5-3-6/h3-4,6,12H,1-2,5,8,13H2;2-5H,1H3. The van der Waals surface area contributed by atoms with Crippen molar-refractivity contribution in [3.05, 3.63) is 70.5 Å². The summed E-state index contributed by atoms with van der Waals surface area (Å²) in [5.41, 5.74) is 9.64. The first-order chi connectivity index (χ1) is 11.1. The van der Waals surface area contributed by atoms with Crippen molar-refractivity contribution in [2.75, 3.05) is 6.54 Å². The van der Waals surface area contributed by atoms with Crippen LogP contribution in [-0.4, -0.2) is 6.54 Å². The minimum atomic E-state index is -0.171. The Hall–Kier alpha value is -2.22. The molecular weight excluding hydrogens is 291 g/mol. The summed E-state index contributed by atoms with van der Waals surface area (Å²) >= 11 is 0. The Kier molecular flexibility index (Phi) is 6.28. The molecule has 0 aliphatic carbocycles. The van der Waals surface area contributed by atoms with Crippen LogP contribution in [0.2, 0.25) is 0 Å². The fraction of sp³-hybridized carbons (Fsp3) is 0.316. The number of ether oxygens (including phenoxy) is 1. The van der Waals surface area contributed by atoms with E-state index in [1.807, 2.05) is 25.1 Å².